The molecule has 1 saturated heterocycles. The molecule has 2 N–H and O–H groups in total. The van der Waals surface area contributed by atoms with Gasteiger partial charge in [-0.2, -0.15) is 0 Å². The molecule has 0 aliphatic carbocycles. The lowest BCUT2D eigenvalue weighted by atomic mass is 10.1. The maximum absolute atomic E-state index is 13.3. The minimum atomic E-state index is -0.409. The lowest BCUT2D eigenvalue weighted by Crippen LogP contribution is -2.41. The summed E-state index contributed by atoms with van der Waals surface area (Å²) in [5, 5.41) is 0.130. The van der Waals surface area contributed by atoms with E-state index < -0.39 is 5.82 Å². The first-order valence-corrected chi connectivity index (χ1v) is 7.16. The van der Waals surface area contributed by atoms with Crippen molar-refractivity contribution in [2.75, 3.05) is 19.7 Å². The van der Waals surface area contributed by atoms with Crippen LogP contribution in [0, 0.1) is 5.82 Å². The smallest absolute Gasteiger partial charge is 0.192 e. The first-order valence-electron chi connectivity index (χ1n) is 6.78. The van der Waals surface area contributed by atoms with E-state index in [4.69, 9.17) is 22.1 Å². The number of nitrogens with zero attached hydrogens (tertiary/aromatic N) is 2. The molecular formula is C14H17ClFN3O. The topological polar surface area (TPSA) is 50.8 Å². The molecule has 2 unspecified atom stereocenters. The molecule has 0 spiro atoms. The van der Waals surface area contributed by atoms with Crippen LogP contribution in [0.25, 0.3) is 0 Å². The highest BCUT2D eigenvalue weighted by molar-refractivity contribution is 6.30. The van der Waals surface area contributed by atoms with E-state index in [-0.39, 0.29) is 17.2 Å². The Morgan fingerprint density at radius 1 is 1.50 bits per heavy atom. The Morgan fingerprint density at radius 2 is 2.35 bits per heavy atom. The van der Waals surface area contributed by atoms with Crippen molar-refractivity contribution in [3.05, 3.63) is 34.6 Å². The number of ether oxygens (including phenoxy) is 1. The van der Waals surface area contributed by atoms with Crippen molar-refractivity contribution in [3.8, 4) is 0 Å². The SMILES string of the molecule is NC1=NCC(c2ccc(F)c(Cl)c2)N1CC1CCCO1. The van der Waals surface area contributed by atoms with Crippen LogP contribution in [0.15, 0.2) is 23.2 Å². The van der Waals surface area contributed by atoms with Gasteiger partial charge in [-0.15, -0.1) is 0 Å². The fourth-order valence-corrected chi connectivity index (χ4v) is 2.95. The average molecular weight is 298 g/mol. The van der Waals surface area contributed by atoms with Crippen molar-refractivity contribution >= 4 is 17.6 Å². The maximum atomic E-state index is 13.3. The van der Waals surface area contributed by atoms with Crippen molar-refractivity contribution < 1.29 is 9.13 Å². The Kier molecular flexibility index (Phi) is 3.81. The highest BCUT2D eigenvalue weighted by Gasteiger charge is 2.31. The first-order chi connectivity index (χ1) is 9.65. The standard InChI is InChI=1S/C14H17ClFN3O/c15-11-6-9(3-4-12(11)16)13-7-18-14(17)19(13)8-10-2-1-5-20-10/h3-4,6,10,13H,1-2,5,7-8H2,(H2,17,18). The highest BCUT2D eigenvalue weighted by Crippen LogP contribution is 2.29. The van der Waals surface area contributed by atoms with E-state index in [1.165, 1.54) is 6.07 Å². The van der Waals surface area contributed by atoms with Gasteiger partial charge in [-0.25, -0.2) is 4.39 Å². The molecular weight excluding hydrogens is 281 g/mol. The van der Waals surface area contributed by atoms with Crippen LogP contribution in [0.1, 0.15) is 24.4 Å². The van der Waals surface area contributed by atoms with Crippen LogP contribution in [0.4, 0.5) is 4.39 Å². The number of benzene rings is 1. The maximum Gasteiger partial charge on any atom is 0.192 e. The van der Waals surface area contributed by atoms with Gasteiger partial charge in [0, 0.05) is 13.2 Å². The molecule has 0 radical (unpaired) electrons. The number of hydrogen-bond acceptors (Lipinski definition) is 4. The zero-order chi connectivity index (χ0) is 14.1. The molecule has 108 valence electrons. The summed E-state index contributed by atoms with van der Waals surface area (Å²) in [6.45, 7) is 2.10. The Labute approximate surface area is 122 Å². The van der Waals surface area contributed by atoms with Crippen LogP contribution in [0.5, 0.6) is 0 Å². The van der Waals surface area contributed by atoms with Gasteiger partial charge >= 0.3 is 0 Å². The fraction of sp³-hybridized carbons (Fsp3) is 0.500. The van der Waals surface area contributed by atoms with Crippen LogP contribution in [-0.2, 0) is 4.74 Å². The second-order valence-electron chi connectivity index (χ2n) is 5.18. The molecule has 20 heavy (non-hydrogen) atoms. The second kappa shape index (κ2) is 5.58. The average Bonchev–Trinajstić information content (AvgIpc) is 3.05. The summed E-state index contributed by atoms with van der Waals surface area (Å²) in [6, 6.07) is 4.79. The predicted octanol–water partition coefficient (Wildman–Crippen LogP) is 2.33. The van der Waals surface area contributed by atoms with Crippen LogP contribution in [-0.4, -0.2) is 36.7 Å². The Morgan fingerprint density at radius 3 is 3.05 bits per heavy atom. The summed E-state index contributed by atoms with van der Waals surface area (Å²) in [5.41, 5.74) is 6.90. The third-order valence-electron chi connectivity index (χ3n) is 3.85. The minimum absolute atomic E-state index is 0.0114. The first kappa shape index (κ1) is 13.6. The van der Waals surface area contributed by atoms with E-state index in [9.17, 15) is 4.39 Å². The van der Waals surface area contributed by atoms with Crippen LogP contribution in [0.2, 0.25) is 5.02 Å². The zero-order valence-electron chi connectivity index (χ0n) is 11.1. The van der Waals surface area contributed by atoms with Gasteiger partial charge in [0.05, 0.1) is 23.7 Å². The van der Waals surface area contributed by atoms with Crippen LogP contribution in [0.3, 0.4) is 0 Å². The Balaban J connectivity index is 1.78. The molecule has 1 aromatic rings. The molecule has 0 saturated carbocycles. The lowest BCUT2D eigenvalue weighted by Gasteiger charge is -2.29. The fourth-order valence-electron chi connectivity index (χ4n) is 2.76. The normalized spacial score (nSPS) is 26.1. The number of guanidine groups is 1. The van der Waals surface area contributed by atoms with Gasteiger partial charge in [-0.05, 0) is 30.5 Å². The third kappa shape index (κ3) is 2.60. The van der Waals surface area contributed by atoms with E-state index in [0.29, 0.717) is 12.5 Å². The number of rotatable bonds is 3. The molecule has 0 bridgehead atoms. The van der Waals surface area contributed by atoms with Gasteiger partial charge in [0.15, 0.2) is 5.96 Å². The molecule has 1 fully saturated rings. The molecule has 2 heterocycles. The summed E-state index contributed by atoms with van der Waals surface area (Å²) in [6.07, 6.45) is 2.32. The number of hydrogen-bond donors (Lipinski definition) is 1. The zero-order valence-corrected chi connectivity index (χ0v) is 11.8. The number of halogens is 2. The number of aliphatic imine (C=N–C) groups is 1. The van der Waals surface area contributed by atoms with Crippen LogP contribution < -0.4 is 5.73 Å². The van der Waals surface area contributed by atoms with Crippen molar-refractivity contribution in [2.45, 2.75) is 25.0 Å². The summed E-state index contributed by atoms with van der Waals surface area (Å²) >= 11 is 5.86. The van der Waals surface area contributed by atoms with Gasteiger partial charge < -0.3 is 15.4 Å². The van der Waals surface area contributed by atoms with E-state index in [1.807, 2.05) is 4.90 Å². The summed E-state index contributed by atoms with van der Waals surface area (Å²) in [5.74, 6) is 0.110. The Bertz CT molecular complexity index is 531. The molecule has 0 amide bonds. The van der Waals surface area contributed by atoms with Gasteiger partial charge in [0.2, 0.25) is 0 Å². The molecule has 2 aliphatic heterocycles. The molecule has 0 aromatic heterocycles. The van der Waals surface area contributed by atoms with E-state index >= 15 is 0 Å². The van der Waals surface area contributed by atoms with Gasteiger partial charge in [0.25, 0.3) is 0 Å². The molecule has 2 atom stereocenters. The van der Waals surface area contributed by atoms with E-state index in [0.717, 1.165) is 31.6 Å². The monoisotopic (exact) mass is 297 g/mol. The molecule has 1 aromatic carbocycles. The van der Waals surface area contributed by atoms with Crippen molar-refractivity contribution in [1.82, 2.24) is 4.90 Å². The van der Waals surface area contributed by atoms with Crippen LogP contribution >= 0.6 is 11.6 Å². The van der Waals surface area contributed by atoms with Gasteiger partial charge in [-0.3, -0.25) is 4.99 Å². The van der Waals surface area contributed by atoms with Gasteiger partial charge in [-0.1, -0.05) is 17.7 Å². The van der Waals surface area contributed by atoms with E-state index in [2.05, 4.69) is 4.99 Å². The van der Waals surface area contributed by atoms with E-state index in [1.54, 1.807) is 12.1 Å². The highest BCUT2D eigenvalue weighted by atomic mass is 35.5. The predicted molar refractivity (Wildman–Crippen MR) is 76.3 cm³/mol. The Hall–Kier alpha value is -1.33. The summed E-state index contributed by atoms with van der Waals surface area (Å²) < 4.78 is 18.9. The van der Waals surface area contributed by atoms with Crippen molar-refractivity contribution in [1.29, 1.82) is 0 Å². The molecule has 6 heteroatoms. The largest absolute Gasteiger partial charge is 0.376 e. The summed E-state index contributed by atoms with van der Waals surface area (Å²) in [7, 11) is 0. The van der Waals surface area contributed by atoms with Crippen molar-refractivity contribution in [2.24, 2.45) is 10.7 Å². The summed E-state index contributed by atoms with van der Waals surface area (Å²) in [4.78, 5) is 6.32. The van der Waals surface area contributed by atoms with Gasteiger partial charge in [0.1, 0.15) is 5.82 Å². The molecule has 4 nitrogen and oxygen atoms in total. The lowest BCUT2D eigenvalue weighted by molar-refractivity contribution is 0.0853. The minimum Gasteiger partial charge on any atom is -0.376 e. The number of nitrogens with two attached hydrogens (primary N) is 1. The van der Waals surface area contributed by atoms with Crippen molar-refractivity contribution in [3.63, 3.8) is 0 Å². The molecule has 3 rings (SSSR count). The molecule has 2 aliphatic rings. The quantitative estimate of drug-likeness (QED) is 0.931. The second-order valence-corrected chi connectivity index (χ2v) is 5.58. The third-order valence-corrected chi connectivity index (χ3v) is 4.14.